The predicted octanol–water partition coefficient (Wildman–Crippen LogP) is 5.24. The van der Waals surface area contributed by atoms with Crippen LogP contribution in [0.3, 0.4) is 0 Å². The number of thiophene rings is 1. The van der Waals surface area contributed by atoms with Gasteiger partial charge in [-0.15, -0.1) is 11.3 Å². The Labute approximate surface area is 138 Å². The van der Waals surface area contributed by atoms with Crippen LogP contribution in [0.4, 0.5) is 0 Å². The van der Waals surface area contributed by atoms with Crippen molar-refractivity contribution in [3.05, 3.63) is 48.0 Å². The van der Waals surface area contributed by atoms with Gasteiger partial charge in [-0.2, -0.15) is 0 Å². The molecule has 1 atom stereocenters. The van der Waals surface area contributed by atoms with E-state index in [1.165, 1.54) is 4.88 Å². The molecule has 1 N–H and O–H groups in total. The maximum Gasteiger partial charge on any atom is 0.138 e. The maximum atomic E-state index is 6.15. The highest BCUT2D eigenvalue weighted by Crippen LogP contribution is 2.40. The average molecular weight is 426 g/mol. The molecule has 1 aromatic carbocycles. The van der Waals surface area contributed by atoms with Crippen molar-refractivity contribution in [2.24, 2.45) is 0 Å². The fraction of sp³-hybridized carbons (Fsp3) is 0.231. The van der Waals surface area contributed by atoms with Gasteiger partial charge in [0.2, 0.25) is 0 Å². The minimum Gasteiger partial charge on any atom is -0.495 e. The number of methoxy groups -OCH3 is 1. The summed E-state index contributed by atoms with van der Waals surface area (Å²) in [6, 6.07) is 7.93. The van der Waals surface area contributed by atoms with Crippen molar-refractivity contribution in [3.63, 3.8) is 0 Å². The highest BCUT2D eigenvalue weighted by atomic mass is 79.9. The van der Waals surface area contributed by atoms with Crippen molar-refractivity contribution in [2.45, 2.75) is 6.04 Å². The molecule has 0 radical (unpaired) electrons. The van der Waals surface area contributed by atoms with E-state index >= 15 is 0 Å². The van der Waals surface area contributed by atoms with Crippen molar-refractivity contribution in [1.82, 2.24) is 5.32 Å². The number of benzene rings is 1. The van der Waals surface area contributed by atoms with Crippen molar-refractivity contribution >= 4 is 54.8 Å². The summed E-state index contributed by atoms with van der Waals surface area (Å²) in [5.41, 5.74) is 1.01. The standard InChI is InChI=1S/C13H12Br2ClNOS/c1-17-12(10-3-4-11(15)19-10)8-5-7(16)6-9(14)13(8)18-2/h3-6,12,17H,1-2H3. The Bertz CT molecular complexity index is 588. The van der Waals surface area contributed by atoms with Gasteiger partial charge in [0.25, 0.3) is 0 Å². The van der Waals surface area contributed by atoms with E-state index in [1.54, 1.807) is 18.4 Å². The van der Waals surface area contributed by atoms with Gasteiger partial charge in [0.05, 0.1) is 21.4 Å². The summed E-state index contributed by atoms with van der Waals surface area (Å²) < 4.78 is 7.44. The summed E-state index contributed by atoms with van der Waals surface area (Å²) in [5.74, 6) is 0.799. The zero-order valence-corrected chi connectivity index (χ0v) is 15.1. The van der Waals surface area contributed by atoms with Crippen LogP contribution in [-0.2, 0) is 0 Å². The zero-order valence-electron chi connectivity index (χ0n) is 10.3. The molecule has 6 heteroatoms. The minimum atomic E-state index is 0.0428. The Balaban J connectivity index is 2.54. The molecular formula is C13H12Br2ClNOS. The topological polar surface area (TPSA) is 21.3 Å². The Hall–Kier alpha value is -0.0700. The largest absolute Gasteiger partial charge is 0.495 e. The van der Waals surface area contributed by atoms with Gasteiger partial charge in [0.1, 0.15) is 5.75 Å². The first-order chi connectivity index (χ1) is 9.06. The number of hydrogen-bond acceptors (Lipinski definition) is 3. The van der Waals surface area contributed by atoms with Crippen LogP contribution in [-0.4, -0.2) is 14.2 Å². The number of ether oxygens (including phenoxy) is 1. The smallest absolute Gasteiger partial charge is 0.138 e. The third-order valence-electron chi connectivity index (χ3n) is 2.72. The van der Waals surface area contributed by atoms with E-state index in [-0.39, 0.29) is 6.04 Å². The van der Waals surface area contributed by atoms with E-state index in [4.69, 9.17) is 16.3 Å². The van der Waals surface area contributed by atoms with Gasteiger partial charge >= 0.3 is 0 Å². The third-order valence-corrected chi connectivity index (χ3v) is 5.22. The second kappa shape index (κ2) is 6.59. The van der Waals surface area contributed by atoms with E-state index in [2.05, 4.69) is 43.2 Å². The lowest BCUT2D eigenvalue weighted by atomic mass is 10.0. The van der Waals surface area contributed by atoms with Crippen molar-refractivity contribution in [1.29, 1.82) is 0 Å². The van der Waals surface area contributed by atoms with E-state index in [0.29, 0.717) is 5.02 Å². The monoisotopic (exact) mass is 423 g/mol. The van der Waals surface area contributed by atoms with Gasteiger partial charge < -0.3 is 10.1 Å². The van der Waals surface area contributed by atoms with E-state index < -0.39 is 0 Å². The van der Waals surface area contributed by atoms with Crippen LogP contribution in [0.25, 0.3) is 0 Å². The molecule has 0 saturated heterocycles. The van der Waals surface area contributed by atoms with Gasteiger partial charge in [0, 0.05) is 15.5 Å². The summed E-state index contributed by atoms with van der Waals surface area (Å²) in [6.45, 7) is 0. The molecule has 0 amide bonds. The van der Waals surface area contributed by atoms with Crippen LogP contribution in [0.15, 0.2) is 32.5 Å². The van der Waals surface area contributed by atoms with Crippen LogP contribution in [0, 0.1) is 0 Å². The Morgan fingerprint density at radius 3 is 2.58 bits per heavy atom. The fourth-order valence-electron chi connectivity index (χ4n) is 1.94. The molecule has 0 fully saturated rings. The first kappa shape index (κ1) is 15.3. The van der Waals surface area contributed by atoms with Gasteiger partial charge in [-0.1, -0.05) is 11.6 Å². The molecule has 0 aliphatic heterocycles. The SMILES string of the molecule is CNC(c1ccc(Br)s1)c1cc(Cl)cc(Br)c1OC. The minimum absolute atomic E-state index is 0.0428. The molecule has 0 aliphatic rings. The molecular weight excluding hydrogens is 413 g/mol. The molecule has 1 unspecified atom stereocenters. The third kappa shape index (κ3) is 3.34. The Morgan fingerprint density at radius 2 is 2.05 bits per heavy atom. The lowest BCUT2D eigenvalue weighted by molar-refractivity contribution is 0.403. The number of hydrogen-bond donors (Lipinski definition) is 1. The molecule has 0 spiro atoms. The molecule has 1 aromatic heterocycles. The van der Waals surface area contributed by atoms with Crippen molar-refractivity contribution < 1.29 is 4.74 Å². The molecule has 0 aliphatic carbocycles. The van der Waals surface area contributed by atoms with Crippen LogP contribution in [0.1, 0.15) is 16.5 Å². The second-order valence-electron chi connectivity index (χ2n) is 3.87. The van der Waals surface area contributed by atoms with Crippen molar-refractivity contribution in [3.8, 4) is 5.75 Å². The highest BCUT2D eigenvalue weighted by Gasteiger charge is 2.20. The predicted molar refractivity (Wildman–Crippen MR) is 88.6 cm³/mol. The summed E-state index contributed by atoms with van der Waals surface area (Å²) in [5, 5.41) is 3.99. The van der Waals surface area contributed by atoms with E-state index in [0.717, 1.165) is 19.6 Å². The molecule has 102 valence electrons. The zero-order chi connectivity index (χ0) is 14.0. The summed E-state index contributed by atoms with van der Waals surface area (Å²) in [7, 11) is 3.58. The van der Waals surface area contributed by atoms with Crippen molar-refractivity contribution in [2.75, 3.05) is 14.2 Å². The highest BCUT2D eigenvalue weighted by molar-refractivity contribution is 9.11. The van der Waals surface area contributed by atoms with Gasteiger partial charge in [-0.25, -0.2) is 0 Å². The molecule has 0 bridgehead atoms. The average Bonchev–Trinajstić information content (AvgIpc) is 2.76. The molecule has 19 heavy (non-hydrogen) atoms. The van der Waals surface area contributed by atoms with E-state index in [9.17, 15) is 0 Å². The van der Waals surface area contributed by atoms with Crippen LogP contribution < -0.4 is 10.1 Å². The Morgan fingerprint density at radius 1 is 1.32 bits per heavy atom. The van der Waals surface area contributed by atoms with Crippen LogP contribution in [0.5, 0.6) is 5.75 Å². The van der Waals surface area contributed by atoms with Crippen LogP contribution >= 0.6 is 54.8 Å². The van der Waals surface area contributed by atoms with E-state index in [1.807, 2.05) is 25.2 Å². The number of rotatable bonds is 4. The molecule has 1 heterocycles. The molecule has 2 rings (SSSR count). The Kier molecular flexibility index (Phi) is 5.31. The van der Waals surface area contributed by atoms with Crippen LogP contribution in [0.2, 0.25) is 5.02 Å². The number of halogens is 3. The quantitative estimate of drug-likeness (QED) is 0.723. The van der Waals surface area contributed by atoms with Gasteiger partial charge in [-0.05, 0) is 63.2 Å². The lowest BCUT2D eigenvalue weighted by Crippen LogP contribution is -2.17. The lowest BCUT2D eigenvalue weighted by Gasteiger charge is -2.19. The van der Waals surface area contributed by atoms with Gasteiger partial charge in [0.15, 0.2) is 0 Å². The fourth-order valence-corrected chi connectivity index (χ4v) is 4.49. The van der Waals surface area contributed by atoms with Gasteiger partial charge in [-0.3, -0.25) is 0 Å². The molecule has 2 nitrogen and oxygen atoms in total. The second-order valence-corrected chi connectivity index (χ2v) is 7.66. The summed E-state index contributed by atoms with van der Waals surface area (Å²) in [4.78, 5) is 1.20. The maximum absolute atomic E-state index is 6.15. The summed E-state index contributed by atoms with van der Waals surface area (Å²) in [6.07, 6.45) is 0. The first-order valence-electron chi connectivity index (χ1n) is 5.52. The molecule has 0 saturated carbocycles. The molecule has 2 aromatic rings. The number of nitrogens with one attached hydrogen (secondary N) is 1. The normalized spacial score (nSPS) is 12.5. The first-order valence-corrected chi connectivity index (χ1v) is 8.30. The summed E-state index contributed by atoms with van der Waals surface area (Å²) >= 11 is 14.8.